The number of carbonyl (C=O) groups is 3. The molecule has 0 saturated carbocycles. The molecule has 0 spiro atoms. The van der Waals surface area contributed by atoms with Gasteiger partial charge in [-0.25, -0.2) is 0 Å². The molecular formula is C42H81O6S3Sb. The molecule has 0 aromatic carbocycles. The molecule has 0 N–H and O–H groups in total. The number of thioether (sulfide) groups is 3. The van der Waals surface area contributed by atoms with Gasteiger partial charge in [0.2, 0.25) is 0 Å². The van der Waals surface area contributed by atoms with E-state index in [4.69, 9.17) is 0 Å². The van der Waals surface area contributed by atoms with Crippen LogP contribution in [-0.2, 0) is 14.4 Å². The standard InChI is InChI=1S/3C14H28O2S.Sb/c3*1-2-3-4-5-6-7-8-9-10-11-12-17-13-14(15)16;/h3*2-13H2,1H3,(H,15,16);/q;;;+3/p-3. The van der Waals surface area contributed by atoms with Gasteiger partial charge in [-0.15, -0.1) is 0 Å². The third-order valence-corrected chi connectivity index (χ3v) is 11.6. The molecule has 308 valence electrons. The summed E-state index contributed by atoms with van der Waals surface area (Å²) < 4.78 is 0. The van der Waals surface area contributed by atoms with Crippen molar-refractivity contribution >= 4 is 77.6 Å². The van der Waals surface area contributed by atoms with Crippen molar-refractivity contribution in [2.24, 2.45) is 0 Å². The second kappa shape index (κ2) is 55.6. The fraction of sp³-hybridized carbons (Fsp3) is 0.929. The summed E-state index contributed by atoms with van der Waals surface area (Å²) in [5.74, 6) is 0.511. The van der Waals surface area contributed by atoms with Crippen molar-refractivity contribution in [1.82, 2.24) is 0 Å². The average molecular weight is 900 g/mol. The molecule has 0 aliphatic rings. The number of carbonyl (C=O) groups excluding carboxylic acids is 3. The molecule has 0 saturated heterocycles. The topological polar surface area (TPSA) is 120 Å². The molecule has 6 nitrogen and oxygen atoms in total. The first-order valence-corrected chi connectivity index (χ1v) is 24.6. The van der Waals surface area contributed by atoms with Gasteiger partial charge in [-0.05, 0) is 36.5 Å². The molecule has 0 fully saturated rings. The molecule has 0 aliphatic heterocycles. The Kier molecular flexibility index (Phi) is 63.1. The maximum absolute atomic E-state index is 10.1. The van der Waals surface area contributed by atoms with Crippen LogP contribution in [0.3, 0.4) is 0 Å². The molecule has 0 amide bonds. The van der Waals surface area contributed by atoms with E-state index in [0.717, 1.165) is 36.5 Å². The fourth-order valence-corrected chi connectivity index (χ4v) is 7.70. The zero-order valence-corrected chi connectivity index (χ0v) is 39.1. The number of unbranched alkanes of at least 4 members (excludes halogenated alkanes) is 27. The Bertz CT molecular complexity index is 612. The molecule has 0 aliphatic carbocycles. The van der Waals surface area contributed by atoms with Crippen molar-refractivity contribution in [1.29, 1.82) is 0 Å². The summed E-state index contributed by atoms with van der Waals surface area (Å²) in [5.41, 5.74) is 0. The molecular weight excluding hydrogens is 818 g/mol. The first kappa shape index (κ1) is 59.0. The summed E-state index contributed by atoms with van der Waals surface area (Å²) in [6.45, 7) is 6.75. The van der Waals surface area contributed by atoms with Gasteiger partial charge in [0.15, 0.2) is 0 Å². The van der Waals surface area contributed by atoms with Crippen LogP contribution in [0, 0.1) is 0 Å². The predicted molar refractivity (Wildman–Crippen MR) is 228 cm³/mol. The van der Waals surface area contributed by atoms with Crippen LogP contribution in [0.15, 0.2) is 0 Å². The maximum atomic E-state index is 10.1. The molecule has 0 heterocycles. The third-order valence-electron chi connectivity index (χ3n) is 8.59. The molecule has 0 atom stereocenters. The predicted octanol–water partition coefficient (Wildman–Crippen LogP) is 9.79. The SMILES string of the molecule is CCCCCCCCCCCCSCC(=O)[O-].CCCCCCCCCCCCSCC(=O)[O-].CCCCCCCCCCCCSCC(=O)[O-].[Sb+3]. The van der Waals surface area contributed by atoms with Gasteiger partial charge in [0, 0.05) is 17.3 Å². The van der Waals surface area contributed by atoms with Gasteiger partial charge in [-0.2, -0.15) is 35.3 Å². The van der Waals surface area contributed by atoms with Gasteiger partial charge in [0.05, 0.1) is 17.9 Å². The minimum atomic E-state index is -0.943. The molecule has 0 aromatic heterocycles. The van der Waals surface area contributed by atoms with Crippen molar-refractivity contribution in [3.63, 3.8) is 0 Å². The van der Waals surface area contributed by atoms with E-state index < -0.39 is 17.9 Å². The van der Waals surface area contributed by atoms with Gasteiger partial charge >= 0.3 is 24.4 Å². The summed E-state index contributed by atoms with van der Waals surface area (Å²) in [6, 6.07) is 0. The Balaban J connectivity index is -0.000000329. The summed E-state index contributed by atoms with van der Waals surface area (Å²) >= 11 is 4.43. The molecule has 0 bridgehead atoms. The number of rotatable bonds is 39. The van der Waals surface area contributed by atoms with Gasteiger partial charge in [0.25, 0.3) is 0 Å². The monoisotopic (exact) mass is 898 g/mol. The fourth-order valence-electron chi connectivity index (χ4n) is 5.54. The smallest absolute Gasteiger partial charge is 0.549 e. The van der Waals surface area contributed by atoms with E-state index in [1.165, 1.54) is 209 Å². The number of carboxylic acid groups (broad SMARTS) is 3. The first-order chi connectivity index (χ1) is 24.8. The van der Waals surface area contributed by atoms with Crippen LogP contribution in [0.5, 0.6) is 0 Å². The Morgan fingerprint density at radius 3 is 0.615 bits per heavy atom. The number of carboxylic acids is 3. The zero-order chi connectivity index (χ0) is 38.3. The second-order valence-electron chi connectivity index (χ2n) is 13.8. The zero-order valence-electron chi connectivity index (χ0n) is 34.1. The Labute approximate surface area is 353 Å². The van der Waals surface area contributed by atoms with Crippen molar-refractivity contribution in [2.75, 3.05) is 34.5 Å². The van der Waals surface area contributed by atoms with Crippen molar-refractivity contribution in [3.05, 3.63) is 0 Å². The van der Waals surface area contributed by atoms with Gasteiger partial charge in [0.1, 0.15) is 0 Å². The van der Waals surface area contributed by atoms with Crippen molar-refractivity contribution < 1.29 is 29.7 Å². The van der Waals surface area contributed by atoms with Gasteiger partial charge < -0.3 is 29.7 Å². The van der Waals surface area contributed by atoms with E-state index in [1.807, 2.05) is 0 Å². The molecule has 10 heteroatoms. The summed E-state index contributed by atoms with van der Waals surface area (Å²) in [4.78, 5) is 30.4. The Hall–Kier alpha value is 0.278. The minimum Gasteiger partial charge on any atom is -0.549 e. The van der Waals surface area contributed by atoms with Crippen molar-refractivity contribution in [2.45, 2.75) is 213 Å². The van der Waals surface area contributed by atoms with Crippen molar-refractivity contribution in [3.8, 4) is 0 Å². The third kappa shape index (κ3) is 68.3. The van der Waals surface area contributed by atoms with Crippen LogP contribution in [0.4, 0.5) is 0 Å². The van der Waals surface area contributed by atoms with Crippen LogP contribution < -0.4 is 15.3 Å². The summed E-state index contributed by atoms with van der Waals surface area (Å²) in [7, 11) is 0. The van der Waals surface area contributed by atoms with E-state index >= 15 is 0 Å². The molecule has 0 rings (SSSR count). The van der Waals surface area contributed by atoms with E-state index in [-0.39, 0.29) is 41.7 Å². The van der Waals surface area contributed by atoms with E-state index in [0.29, 0.717) is 0 Å². The van der Waals surface area contributed by atoms with Gasteiger partial charge in [-0.1, -0.05) is 194 Å². The van der Waals surface area contributed by atoms with Crippen LogP contribution in [0.2, 0.25) is 0 Å². The van der Waals surface area contributed by atoms with Crippen LogP contribution in [-0.4, -0.2) is 76.9 Å². The number of hydrogen-bond acceptors (Lipinski definition) is 9. The first-order valence-electron chi connectivity index (χ1n) is 21.1. The second-order valence-corrected chi connectivity index (χ2v) is 17.1. The quantitative estimate of drug-likeness (QED) is 0.0439. The van der Waals surface area contributed by atoms with E-state index in [9.17, 15) is 29.7 Å². The Morgan fingerprint density at radius 1 is 0.308 bits per heavy atom. The number of hydrogen-bond donors (Lipinski definition) is 0. The van der Waals surface area contributed by atoms with Gasteiger partial charge in [-0.3, -0.25) is 0 Å². The van der Waals surface area contributed by atoms with E-state index in [1.54, 1.807) is 0 Å². The summed E-state index contributed by atoms with van der Waals surface area (Å²) in [6.07, 6.45) is 39.9. The normalized spacial score (nSPS) is 10.4. The number of aliphatic carboxylic acids is 3. The van der Waals surface area contributed by atoms with Crippen LogP contribution >= 0.6 is 35.3 Å². The Morgan fingerprint density at radius 2 is 0.462 bits per heavy atom. The maximum Gasteiger partial charge on any atom is 3.00 e. The molecule has 0 unspecified atom stereocenters. The summed E-state index contributed by atoms with van der Waals surface area (Å²) in [5, 5.41) is 30.4. The van der Waals surface area contributed by atoms with E-state index in [2.05, 4.69) is 20.8 Å². The average Bonchev–Trinajstić information content (AvgIpc) is 3.10. The molecule has 0 aromatic rings. The van der Waals surface area contributed by atoms with Crippen LogP contribution in [0.1, 0.15) is 213 Å². The van der Waals surface area contributed by atoms with Crippen LogP contribution in [0.25, 0.3) is 0 Å². The molecule has 2 radical (unpaired) electrons. The minimum absolute atomic E-state index is 0. The largest absolute Gasteiger partial charge is 3.00 e. The molecule has 52 heavy (non-hydrogen) atoms.